The van der Waals surface area contributed by atoms with Crippen LogP contribution in [-0.2, 0) is 4.74 Å². The predicted octanol–water partition coefficient (Wildman–Crippen LogP) is 0.648. The van der Waals surface area contributed by atoms with E-state index in [0.29, 0.717) is 0 Å². The zero-order valence-corrected chi connectivity index (χ0v) is 5.19. The molecule has 0 aromatic carbocycles. The maximum atomic E-state index is 11.3. The first kappa shape index (κ1) is 9.88. The van der Waals surface area contributed by atoms with Gasteiger partial charge in [-0.3, -0.25) is 0 Å². The van der Waals surface area contributed by atoms with E-state index in [-0.39, 0.29) is 6.61 Å². The Morgan fingerprint density at radius 3 is 2.10 bits per heavy atom. The molecule has 0 aliphatic heterocycles. The molecule has 0 aliphatic carbocycles. The molecule has 54 valence electrons. The summed E-state index contributed by atoms with van der Waals surface area (Å²) in [6.07, 6.45) is -4.30. The fraction of sp³-hybridized carbons (Fsp3) is 1.00. The zero-order valence-electron chi connectivity index (χ0n) is 5.19. The van der Waals surface area contributed by atoms with E-state index in [1.807, 2.05) is 0 Å². The third kappa shape index (κ3) is 7.88. The number of alkyl halides is 3. The third-order valence-corrected chi connectivity index (χ3v) is 0.576. The molecule has 0 unspecified atom stereocenters. The summed E-state index contributed by atoms with van der Waals surface area (Å²) in [7, 11) is 9.81. The largest absolute Gasteiger partial charge is 0.411 e. The molecule has 0 heterocycles. The van der Waals surface area contributed by atoms with Crippen LogP contribution in [0.4, 0.5) is 13.2 Å². The van der Waals surface area contributed by atoms with Crippen LogP contribution in [-0.4, -0.2) is 35.1 Å². The molecule has 0 saturated carbocycles. The zero-order chi connectivity index (χ0) is 8.20. The lowest BCUT2D eigenvalue weighted by atomic mass is 9.72. The molecule has 0 saturated heterocycles. The van der Waals surface area contributed by atoms with Gasteiger partial charge in [0.1, 0.15) is 6.61 Å². The summed E-state index contributed by atoms with van der Waals surface area (Å²) < 4.78 is 38.0. The van der Waals surface area contributed by atoms with Crippen LogP contribution in [0.25, 0.3) is 0 Å². The van der Waals surface area contributed by atoms with Gasteiger partial charge < -0.3 is 4.74 Å². The first-order chi connectivity index (χ1) is 4.42. The third-order valence-electron chi connectivity index (χ3n) is 0.576. The normalized spacial score (nSPS) is 12.4. The Bertz CT molecular complexity index is 93.0. The lowest BCUT2D eigenvalue weighted by molar-refractivity contribution is -0.173. The minimum Gasteiger partial charge on any atom is -0.373 e. The van der Waals surface area contributed by atoms with Crippen molar-refractivity contribution in [1.82, 2.24) is 0 Å². The lowest BCUT2D eigenvalue weighted by Gasteiger charge is -2.08. The van der Waals surface area contributed by atoms with Crippen molar-refractivity contribution in [3.8, 4) is 0 Å². The molecular weight excluding hydrogens is 143 g/mol. The maximum Gasteiger partial charge on any atom is 0.411 e. The molecule has 0 spiro atoms. The van der Waals surface area contributed by atoms with Crippen molar-refractivity contribution >= 4 is 15.7 Å². The van der Waals surface area contributed by atoms with E-state index >= 15 is 0 Å². The fourth-order valence-electron chi connectivity index (χ4n) is 0.311. The second-order valence-corrected chi connectivity index (χ2v) is 1.79. The number of rotatable bonds is 3. The highest BCUT2D eigenvalue weighted by Crippen LogP contribution is 2.14. The van der Waals surface area contributed by atoms with E-state index in [4.69, 9.17) is 15.7 Å². The minimum absolute atomic E-state index is 0.278. The SMILES string of the molecule is [B]C([B])COCC(F)(F)F. The molecule has 0 amide bonds. The summed E-state index contributed by atoms with van der Waals surface area (Å²) in [5.74, 6) is 0. The highest BCUT2D eigenvalue weighted by Gasteiger charge is 2.27. The summed E-state index contributed by atoms with van der Waals surface area (Å²) in [6, 6.07) is 0. The van der Waals surface area contributed by atoms with Gasteiger partial charge in [-0.2, -0.15) is 13.2 Å². The second kappa shape index (κ2) is 3.91. The summed E-state index contributed by atoms with van der Waals surface area (Å²) in [6.45, 7) is -1.57. The first-order valence-electron chi connectivity index (χ1n) is 2.57. The van der Waals surface area contributed by atoms with Gasteiger partial charge in [0.25, 0.3) is 0 Å². The van der Waals surface area contributed by atoms with Gasteiger partial charge in [-0.15, -0.1) is 0 Å². The smallest absolute Gasteiger partial charge is 0.373 e. The molecule has 0 atom stereocenters. The van der Waals surface area contributed by atoms with Gasteiger partial charge in [-0.25, -0.2) is 0 Å². The molecular formula is C4H5B2F3O. The van der Waals surface area contributed by atoms with Gasteiger partial charge in [-0.1, -0.05) is 5.72 Å². The predicted molar refractivity (Wildman–Crippen MR) is 32.1 cm³/mol. The molecule has 0 aliphatic rings. The van der Waals surface area contributed by atoms with E-state index < -0.39 is 18.5 Å². The Labute approximate surface area is 59.7 Å². The standard InChI is InChI=1S/C4H5B2F3O/c5-3(6)1-10-2-4(7,8)9/h3H,1-2H2. The van der Waals surface area contributed by atoms with Gasteiger partial charge >= 0.3 is 6.18 Å². The Kier molecular flexibility index (Phi) is 3.86. The Hall–Kier alpha value is -0.120. The fourth-order valence-corrected chi connectivity index (χ4v) is 0.311. The van der Waals surface area contributed by atoms with Gasteiger partial charge in [0.15, 0.2) is 0 Å². The van der Waals surface area contributed by atoms with Crippen LogP contribution in [0.15, 0.2) is 0 Å². The van der Waals surface area contributed by atoms with Gasteiger partial charge in [0, 0.05) is 6.61 Å². The molecule has 1 nitrogen and oxygen atoms in total. The van der Waals surface area contributed by atoms with E-state index in [9.17, 15) is 13.2 Å². The lowest BCUT2D eigenvalue weighted by Crippen LogP contribution is -2.18. The van der Waals surface area contributed by atoms with E-state index in [1.165, 1.54) is 0 Å². The quantitative estimate of drug-likeness (QED) is 0.533. The van der Waals surface area contributed by atoms with Crippen LogP contribution < -0.4 is 0 Å². The summed E-state index contributed by atoms with van der Waals surface area (Å²) in [4.78, 5) is 0. The van der Waals surface area contributed by atoms with Crippen molar-refractivity contribution in [2.45, 2.75) is 11.9 Å². The van der Waals surface area contributed by atoms with E-state index in [1.54, 1.807) is 0 Å². The molecule has 10 heavy (non-hydrogen) atoms. The highest BCUT2D eigenvalue weighted by molar-refractivity contribution is 6.35. The minimum atomic E-state index is -4.30. The van der Waals surface area contributed by atoms with Crippen molar-refractivity contribution in [3.63, 3.8) is 0 Å². The summed E-state index contributed by atoms with van der Waals surface area (Å²) in [5, 5.41) is 0. The van der Waals surface area contributed by atoms with Crippen molar-refractivity contribution < 1.29 is 17.9 Å². The molecule has 0 fully saturated rings. The van der Waals surface area contributed by atoms with Crippen LogP contribution >= 0.6 is 0 Å². The maximum absolute atomic E-state index is 11.3. The Morgan fingerprint density at radius 2 is 1.80 bits per heavy atom. The number of ether oxygens (including phenoxy) is 1. The Balaban J connectivity index is 3.21. The molecule has 0 rings (SSSR count). The Morgan fingerprint density at radius 1 is 1.30 bits per heavy atom. The molecule has 0 N–H and O–H groups in total. The molecule has 0 bridgehead atoms. The first-order valence-corrected chi connectivity index (χ1v) is 2.57. The number of halogens is 3. The monoisotopic (exact) mass is 148 g/mol. The topological polar surface area (TPSA) is 9.23 Å². The van der Waals surface area contributed by atoms with Crippen LogP contribution in [0.3, 0.4) is 0 Å². The van der Waals surface area contributed by atoms with Crippen molar-refractivity contribution in [2.75, 3.05) is 13.2 Å². The number of hydrogen-bond donors (Lipinski definition) is 0. The van der Waals surface area contributed by atoms with E-state index in [2.05, 4.69) is 4.74 Å². The molecule has 6 heteroatoms. The molecule has 0 aromatic rings. The number of hydrogen-bond acceptors (Lipinski definition) is 1. The average molecular weight is 148 g/mol. The van der Waals surface area contributed by atoms with Gasteiger partial charge in [0.2, 0.25) is 0 Å². The van der Waals surface area contributed by atoms with Crippen LogP contribution in [0.2, 0.25) is 5.72 Å². The average Bonchev–Trinajstić information content (AvgIpc) is 1.59. The molecule has 0 aromatic heterocycles. The van der Waals surface area contributed by atoms with Crippen molar-refractivity contribution in [3.05, 3.63) is 0 Å². The highest BCUT2D eigenvalue weighted by atomic mass is 19.4. The summed E-state index contributed by atoms with van der Waals surface area (Å²) >= 11 is 0. The van der Waals surface area contributed by atoms with Crippen LogP contribution in [0.5, 0.6) is 0 Å². The second-order valence-electron chi connectivity index (χ2n) is 1.79. The van der Waals surface area contributed by atoms with Crippen molar-refractivity contribution in [2.24, 2.45) is 0 Å². The van der Waals surface area contributed by atoms with Crippen LogP contribution in [0, 0.1) is 0 Å². The van der Waals surface area contributed by atoms with Gasteiger partial charge in [0.05, 0.1) is 15.7 Å². The summed E-state index contributed by atoms with van der Waals surface area (Å²) in [5.41, 5.74) is -0.845. The van der Waals surface area contributed by atoms with Gasteiger partial charge in [-0.05, 0) is 0 Å². The van der Waals surface area contributed by atoms with E-state index in [0.717, 1.165) is 0 Å². The van der Waals surface area contributed by atoms with Crippen molar-refractivity contribution in [1.29, 1.82) is 0 Å². The molecule has 4 radical (unpaired) electrons. The van der Waals surface area contributed by atoms with Crippen LogP contribution in [0.1, 0.15) is 0 Å².